The molecule has 0 aliphatic heterocycles. The second-order valence-electron chi connectivity index (χ2n) is 8.24. The van der Waals surface area contributed by atoms with E-state index in [1.807, 2.05) is 27.7 Å². The van der Waals surface area contributed by atoms with Crippen molar-refractivity contribution in [3.63, 3.8) is 0 Å². The molecule has 0 amide bonds. The van der Waals surface area contributed by atoms with Gasteiger partial charge in [-0.1, -0.05) is 0 Å². The van der Waals surface area contributed by atoms with Crippen LogP contribution in [0, 0.1) is 17.8 Å². The second kappa shape index (κ2) is 19.6. The van der Waals surface area contributed by atoms with Crippen molar-refractivity contribution in [2.45, 2.75) is 106 Å². The van der Waals surface area contributed by atoms with Crippen LogP contribution in [0.5, 0.6) is 0 Å². The molecule has 0 N–H and O–H groups in total. The Hall–Kier alpha value is -0.0657. The molecule has 0 spiro atoms. The molecule has 0 saturated carbocycles. The summed E-state index contributed by atoms with van der Waals surface area (Å²) >= 11 is -2.72. The van der Waals surface area contributed by atoms with Gasteiger partial charge >= 0.3 is 193 Å². The van der Waals surface area contributed by atoms with Crippen LogP contribution in [-0.4, -0.2) is 31.4 Å². The SMILES string of the molecule is CCCCC(CC)C[O][Ti]([O]CC(CC)C(=O)CCC)[O]CC(CC)C(=O)CCC. The molecule has 0 radical (unpaired) electrons. The number of carbonyl (C=O) groups excluding carboxylic acids is 2. The van der Waals surface area contributed by atoms with Crippen molar-refractivity contribution in [2.75, 3.05) is 19.8 Å². The van der Waals surface area contributed by atoms with Gasteiger partial charge in [0.1, 0.15) is 0 Å². The van der Waals surface area contributed by atoms with E-state index in [4.69, 9.17) is 9.96 Å². The van der Waals surface area contributed by atoms with E-state index in [0.717, 1.165) is 38.5 Å². The van der Waals surface area contributed by atoms with Crippen molar-refractivity contribution in [1.29, 1.82) is 0 Å². The Labute approximate surface area is 193 Å². The molecule has 5 nitrogen and oxygen atoms in total. The van der Waals surface area contributed by atoms with Crippen molar-refractivity contribution in [1.82, 2.24) is 0 Å². The first-order valence-electron chi connectivity index (χ1n) is 12.3. The summed E-state index contributed by atoms with van der Waals surface area (Å²) in [4.78, 5) is 24.6. The van der Waals surface area contributed by atoms with Crippen LogP contribution in [0.25, 0.3) is 0 Å². The number of rotatable bonds is 21. The van der Waals surface area contributed by atoms with Crippen LogP contribution >= 0.6 is 0 Å². The summed E-state index contributed by atoms with van der Waals surface area (Å²) in [7, 11) is 0. The van der Waals surface area contributed by atoms with Crippen LogP contribution in [0.15, 0.2) is 0 Å². The first-order valence-corrected chi connectivity index (χ1v) is 14.2. The maximum absolute atomic E-state index is 12.3. The van der Waals surface area contributed by atoms with Gasteiger partial charge in [0, 0.05) is 0 Å². The summed E-state index contributed by atoms with van der Waals surface area (Å²) in [6.07, 6.45) is 9.05. The molecule has 0 aromatic carbocycles. The van der Waals surface area contributed by atoms with E-state index in [1.165, 1.54) is 12.8 Å². The van der Waals surface area contributed by atoms with Crippen molar-refractivity contribution >= 4 is 11.6 Å². The van der Waals surface area contributed by atoms with E-state index >= 15 is 0 Å². The van der Waals surface area contributed by atoms with Gasteiger partial charge in [0.25, 0.3) is 0 Å². The standard InChI is InChI=1S/2C8H15O2.C8H17O.Ti/c2*1-3-5-8(10)7(4-2)6-9;1-3-5-6-8(4-2)7-9;/h2*7H,3-6H2,1-2H3;8H,3-7H2,1-2H3;/q3*-1;+3. The zero-order valence-corrected chi connectivity index (χ0v) is 22.0. The average molecular weight is 464 g/mol. The summed E-state index contributed by atoms with van der Waals surface area (Å²) in [6, 6.07) is 0. The third-order valence-corrected chi connectivity index (χ3v) is 7.56. The average Bonchev–Trinajstić information content (AvgIpc) is 2.74. The van der Waals surface area contributed by atoms with Gasteiger partial charge in [0.05, 0.1) is 0 Å². The number of carbonyl (C=O) groups is 2. The molecule has 0 saturated heterocycles. The van der Waals surface area contributed by atoms with Gasteiger partial charge in [-0.05, 0) is 0 Å². The van der Waals surface area contributed by atoms with Crippen molar-refractivity contribution in [2.24, 2.45) is 17.8 Å². The minimum atomic E-state index is -2.72. The third-order valence-electron chi connectivity index (χ3n) is 5.67. The fourth-order valence-corrected chi connectivity index (χ4v) is 5.35. The van der Waals surface area contributed by atoms with E-state index in [-0.39, 0.29) is 23.4 Å². The van der Waals surface area contributed by atoms with E-state index in [2.05, 4.69) is 13.8 Å². The van der Waals surface area contributed by atoms with Gasteiger partial charge in [-0.2, -0.15) is 0 Å². The molecule has 30 heavy (non-hydrogen) atoms. The molecular weight excluding hydrogens is 416 g/mol. The maximum atomic E-state index is 12.3. The number of ketones is 2. The molecule has 0 aliphatic rings. The second-order valence-corrected chi connectivity index (χ2v) is 10.4. The van der Waals surface area contributed by atoms with Gasteiger partial charge in [-0.3, -0.25) is 0 Å². The van der Waals surface area contributed by atoms with Gasteiger partial charge in [0.15, 0.2) is 0 Å². The normalized spacial score (nSPS) is 14.3. The molecule has 3 unspecified atom stereocenters. The molecule has 0 aliphatic carbocycles. The minimum absolute atomic E-state index is 0.0922. The molecule has 177 valence electrons. The van der Waals surface area contributed by atoms with Gasteiger partial charge in [-0.15, -0.1) is 0 Å². The van der Waals surface area contributed by atoms with Crippen LogP contribution in [0.3, 0.4) is 0 Å². The molecule has 0 bridgehead atoms. The molecule has 0 heterocycles. The third kappa shape index (κ3) is 13.4. The van der Waals surface area contributed by atoms with Gasteiger partial charge in [-0.25, -0.2) is 0 Å². The van der Waals surface area contributed by atoms with E-state index < -0.39 is 19.0 Å². The van der Waals surface area contributed by atoms with Crippen molar-refractivity contribution in [3.8, 4) is 0 Å². The Kier molecular flexibility index (Phi) is 19.6. The topological polar surface area (TPSA) is 61.8 Å². The molecule has 0 aromatic rings. The summed E-state index contributed by atoms with van der Waals surface area (Å²) in [5.41, 5.74) is 0. The van der Waals surface area contributed by atoms with E-state index in [9.17, 15) is 9.59 Å². The van der Waals surface area contributed by atoms with Crippen molar-refractivity contribution in [3.05, 3.63) is 0 Å². The molecule has 3 atom stereocenters. The number of hydrogen-bond acceptors (Lipinski definition) is 5. The van der Waals surface area contributed by atoms with Crippen LogP contribution in [-0.2, 0) is 38.6 Å². The Balaban J connectivity index is 4.92. The quantitative estimate of drug-likeness (QED) is 0.184. The number of unbranched alkanes of at least 4 members (excludes halogenated alkanes) is 1. The molecule has 6 heteroatoms. The zero-order chi connectivity index (χ0) is 22.8. The molecule has 0 aromatic heterocycles. The Morgan fingerprint density at radius 2 is 1.13 bits per heavy atom. The summed E-state index contributed by atoms with van der Waals surface area (Å²) in [5, 5.41) is 0. The summed E-state index contributed by atoms with van der Waals surface area (Å²) in [6.45, 7) is 13.9. The predicted octanol–water partition coefficient (Wildman–Crippen LogP) is 6.41. The predicted molar refractivity (Wildman–Crippen MR) is 119 cm³/mol. The van der Waals surface area contributed by atoms with Crippen LogP contribution in [0.2, 0.25) is 0 Å². The summed E-state index contributed by atoms with van der Waals surface area (Å²) in [5.74, 6) is 0.843. The Morgan fingerprint density at radius 3 is 1.50 bits per heavy atom. The number of hydrogen-bond donors (Lipinski definition) is 0. The van der Waals surface area contributed by atoms with Crippen LogP contribution in [0.4, 0.5) is 0 Å². The monoisotopic (exact) mass is 463 g/mol. The number of Topliss-reactive ketones (excluding diaryl/α,β-unsaturated/α-hetero) is 2. The first-order chi connectivity index (χ1) is 14.5. The summed E-state index contributed by atoms with van der Waals surface area (Å²) < 4.78 is 18.3. The van der Waals surface area contributed by atoms with Gasteiger partial charge < -0.3 is 0 Å². The molecular formula is C24H47O5Ti. The van der Waals surface area contributed by atoms with Gasteiger partial charge in [0.2, 0.25) is 0 Å². The van der Waals surface area contributed by atoms with Crippen LogP contribution < -0.4 is 0 Å². The Bertz CT molecular complexity index is 413. The van der Waals surface area contributed by atoms with E-state index in [1.54, 1.807) is 0 Å². The fraction of sp³-hybridized carbons (Fsp3) is 0.917. The molecule has 0 rings (SSSR count). The zero-order valence-electron chi connectivity index (χ0n) is 20.5. The fourth-order valence-electron chi connectivity index (χ4n) is 3.32. The Morgan fingerprint density at radius 1 is 0.667 bits per heavy atom. The first kappa shape index (κ1) is 29.9. The van der Waals surface area contributed by atoms with Crippen LogP contribution in [0.1, 0.15) is 106 Å². The van der Waals surface area contributed by atoms with E-state index in [0.29, 0.717) is 38.6 Å². The molecule has 0 fully saturated rings. The van der Waals surface area contributed by atoms with Crippen molar-refractivity contribution < 1.29 is 38.6 Å².